The molecular formula is C23H36N4O. The number of carbonyl (C=O) groups excluding carboxylic acids is 1. The summed E-state index contributed by atoms with van der Waals surface area (Å²) in [4.78, 5) is 25.8. The normalized spacial score (nSPS) is 23.9. The van der Waals surface area contributed by atoms with E-state index in [1.165, 1.54) is 57.2 Å². The fourth-order valence-electron chi connectivity index (χ4n) is 5.51. The van der Waals surface area contributed by atoms with Crippen molar-refractivity contribution in [3.8, 4) is 0 Å². The zero-order valence-corrected chi connectivity index (χ0v) is 17.9. The molecule has 1 aliphatic carbocycles. The quantitative estimate of drug-likeness (QED) is 0.788. The molecule has 3 heterocycles. The van der Waals surface area contributed by atoms with Gasteiger partial charge in [0.2, 0.25) is 5.91 Å². The Morgan fingerprint density at radius 3 is 2.25 bits per heavy atom. The van der Waals surface area contributed by atoms with Crippen molar-refractivity contribution < 1.29 is 4.79 Å². The molecule has 0 radical (unpaired) electrons. The zero-order valence-electron chi connectivity index (χ0n) is 17.9. The summed E-state index contributed by atoms with van der Waals surface area (Å²) in [6.45, 7) is 10.7. The molecule has 0 aromatic carbocycles. The van der Waals surface area contributed by atoms with Gasteiger partial charge in [-0.3, -0.25) is 4.79 Å². The molecule has 5 heteroatoms. The predicted octanol–water partition coefficient (Wildman–Crippen LogP) is 3.96. The van der Waals surface area contributed by atoms with E-state index in [0.29, 0.717) is 29.6 Å². The van der Waals surface area contributed by atoms with E-state index in [1.54, 1.807) is 0 Å². The van der Waals surface area contributed by atoms with Crippen LogP contribution in [0.5, 0.6) is 0 Å². The van der Waals surface area contributed by atoms with E-state index in [2.05, 4.69) is 46.0 Å². The van der Waals surface area contributed by atoms with Crippen LogP contribution in [0.1, 0.15) is 88.9 Å². The molecule has 0 bridgehead atoms. The smallest absolute Gasteiger partial charge is 0.222 e. The highest BCUT2D eigenvalue weighted by atomic mass is 16.2. The largest absolute Gasteiger partial charge is 0.341 e. The van der Waals surface area contributed by atoms with Crippen molar-refractivity contribution in [3.63, 3.8) is 0 Å². The van der Waals surface area contributed by atoms with Crippen LogP contribution in [0.3, 0.4) is 0 Å². The molecule has 2 saturated heterocycles. The van der Waals surface area contributed by atoms with E-state index in [1.807, 2.05) is 6.92 Å². The highest BCUT2D eigenvalue weighted by Crippen LogP contribution is 2.45. The standard InChI is InChI=1S/C23H36N4O/c1-4-21(28)27-15-23(16-27)9-5-20(6-10-23)26-11-7-18(8-12-26)19-13-24-22(17(2)3)25-14-19/h13-14,17-18,20H,4-12,15-16H2,1-3H3. The summed E-state index contributed by atoms with van der Waals surface area (Å²) in [5, 5.41) is 0. The van der Waals surface area contributed by atoms with Gasteiger partial charge >= 0.3 is 0 Å². The van der Waals surface area contributed by atoms with Crippen LogP contribution in [-0.4, -0.2) is 57.9 Å². The van der Waals surface area contributed by atoms with E-state index >= 15 is 0 Å². The van der Waals surface area contributed by atoms with Gasteiger partial charge in [-0.1, -0.05) is 20.8 Å². The summed E-state index contributed by atoms with van der Waals surface area (Å²) in [5.41, 5.74) is 1.77. The molecular weight excluding hydrogens is 348 g/mol. The third-order valence-corrected chi connectivity index (χ3v) is 7.45. The molecule has 0 atom stereocenters. The molecule has 1 aromatic heterocycles. The summed E-state index contributed by atoms with van der Waals surface area (Å²) in [5.74, 6) is 2.30. The number of piperidine rings is 1. The Kier molecular flexibility index (Phi) is 5.73. The van der Waals surface area contributed by atoms with Crippen LogP contribution >= 0.6 is 0 Å². The number of hydrogen-bond acceptors (Lipinski definition) is 4. The first-order valence-corrected chi connectivity index (χ1v) is 11.3. The molecule has 3 aliphatic rings. The second-order valence-electron chi connectivity index (χ2n) is 9.67. The van der Waals surface area contributed by atoms with Crippen LogP contribution in [-0.2, 0) is 4.79 Å². The summed E-state index contributed by atoms with van der Waals surface area (Å²) >= 11 is 0. The SMILES string of the molecule is CCC(=O)N1CC2(CCC(N3CCC(c4cnc(C(C)C)nc4)CC3)CC2)C1. The Hall–Kier alpha value is -1.49. The van der Waals surface area contributed by atoms with Gasteiger partial charge in [0.25, 0.3) is 0 Å². The average Bonchev–Trinajstić information content (AvgIpc) is 2.72. The molecule has 154 valence electrons. The fraction of sp³-hybridized carbons (Fsp3) is 0.783. The van der Waals surface area contributed by atoms with Gasteiger partial charge in [-0.15, -0.1) is 0 Å². The first kappa shape index (κ1) is 19.8. The number of rotatable bonds is 4. The van der Waals surface area contributed by atoms with Gasteiger partial charge in [0, 0.05) is 49.3 Å². The van der Waals surface area contributed by atoms with Gasteiger partial charge in [0.1, 0.15) is 5.82 Å². The van der Waals surface area contributed by atoms with E-state index < -0.39 is 0 Å². The average molecular weight is 385 g/mol. The van der Waals surface area contributed by atoms with Crippen molar-refractivity contribution in [2.45, 2.75) is 83.6 Å². The van der Waals surface area contributed by atoms with Gasteiger partial charge in [0.15, 0.2) is 0 Å². The Balaban J connectivity index is 1.23. The summed E-state index contributed by atoms with van der Waals surface area (Å²) in [6.07, 6.45) is 12.5. The number of hydrogen-bond donors (Lipinski definition) is 0. The predicted molar refractivity (Wildman–Crippen MR) is 111 cm³/mol. The van der Waals surface area contributed by atoms with Crippen molar-refractivity contribution >= 4 is 5.91 Å². The minimum absolute atomic E-state index is 0.334. The molecule has 28 heavy (non-hydrogen) atoms. The van der Waals surface area contributed by atoms with Crippen LogP contribution < -0.4 is 0 Å². The van der Waals surface area contributed by atoms with Crippen LogP contribution in [0.15, 0.2) is 12.4 Å². The van der Waals surface area contributed by atoms with Gasteiger partial charge in [-0.25, -0.2) is 9.97 Å². The Labute approximate surface area is 169 Å². The van der Waals surface area contributed by atoms with E-state index in [0.717, 1.165) is 25.0 Å². The van der Waals surface area contributed by atoms with Gasteiger partial charge in [-0.05, 0) is 63.1 Å². The molecule has 0 N–H and O–H groups in total. The molecule has 1 amide bonds. The molecule has 2 aliphatic heterocycles. The van der Waals surface area contributed by atoms with Gasteiger partial charge in [-0.2, -0.15) is 0 Å². The first-order valence-electron chi connectivity index (χ1n) is 11.3. The van der Waals surface area contributed by atoms with E-state index in [9.17, 15) is 4.79 Å². The van der Waals surface area contributed by atoms with Crippen LogP contribution in [0, 0.1) is 5.41 Å². The maximum absolute atomic E-state index is 11.8. The second kappa shape index (κ2) is 8.10. The molecule has 3 fully saturated rings. The van der Waals surface area contributed by atoms with Crippen molar-refractivity contribution in [1.82, 2.24) is 19.8 Å². The number of aromatic nitrogens is 2. The lowest BCUT2D eigenvalue weighted by atomic mass is 9.67. The maximum Gasteiger partial charge on any atom is 0.222 e. The topological polar surface area (TPSA) is 49.3 Å². The molecule has 1 spiro atoms. The van der Waals surface area contributed by atoms with Gasteiger partial charge in [0.05, 0.1) is 0 Å². The number of likely N-dealkylation sites (tertiary alicyclic amines) is 2. The lowest BCUT2D eigenvalue weighted by Crippen LogP contribution is -2.60. The molecule has 4 rings (SSSR count). The summed E-state index contributed by atoms with van der Waals surface area (Å²) < 4.78 is 0. The summed E-state index contributed by atoms with van der Waals surface area (Å²) in [7, 11) is 0. The molecule has 0 unspecified atom stereocenters. The van der Waals surface area contributed by atoms with Crippen molar-refractivity contribution in [2.24, 2.45) is 5.41 Å². The van der Waals surface area contributed by atoms with Crippen molar-refractivity contribution in [1.29, 1.82) is 0 Å². The highest BCUT2D eigenvalue weighted by Gasteiger charge is 2.47. The number of amides is 1. The van der Waals surface area contributed by atoms with Crippen molar-refractivity contribution in [3.05, 3.63) is 23.8 Å². The minimum atomic E-state index is 0.334. The zero-order chi connectivity index (χ0) is 19.7. The van der Waals surface area contributed by atoms with Crippen LogP contribution in [0.2, 0.25) is 0 Å². The Morgan fingerprint density at radius 2 is 1.71 bits per heavy atom. The third-order valence-electron chi connectivity index (χ3n) is 7.45. The monoisotopic (exact) mass is 384 g/mol. The lowest BCUT2D eigenvalue weighted by Gasteiger charge is -2.54. The second-order valence-corrected chi connectivity index (χ2v) is 9.67. The molecule has 5 nitrogen and oxygen atoms in total. The third kappa shape index (κ3) is 3.96. The Bertz CT molecular complexity index is 662. The molecule has 1 saturated carbocycles. The van der Waals surface area contributed by atoms with Crippen LogP contribution in [0.25, 0.3) is 0 Å². The first-order chi connectivity index (χ1) is 13.5. The van der Waals surface area contributed by atoms with Crippen molar-refractivity contribution in [2.75, 3.05) is 26.2 Å². The number of carbonyl (C=O) groups is 1. The van der Waals surface area contributed by atoms with Crippen LogP contribution in [0.4, 0.5) is 0 Å². The highest BCUT2D eigenvalue weighted by molar-refractivity contribution is 5.76. The lowest BCUT2D eigenvalue weighted by molar-refractivity contribution is -0.146. The van der Waals surface area contributed by atoms with E-state index in [4.69, 9.17) is 0 Å². The minimum Gasteiger partial charge on any atom is -0.341 e. The van der Waals surface area contributed by atoms with E-state index in [-0.39, 0.29) is 0 Å². The molecule has 1 aromatic rings. The fourth-order valence-corrected chi connectivity index (χ4v) is 5.51. The van der Waals surface area contributed by atoms with Gasteiger partial charge < -0.3 is 9.80 Å². The number of nitrogens with zero attached hydrogens (tertiary/aromatic N) is 4. The Morgan fingerprint density at radius 1 is 1.11 bits per heavy atom. The summed E-state index contributed by atoms with van der Waals surface area (Å²) in [6, 6.07) is 0.752. The maximum atomic E-state index is 11.8.